The zero-order chi connectivity index (χ0) is 9.42. The molecule has 2 unspecified atom stereocenters. The number of fused-ring (bicyclic) bond motifs is 1. The van der Waals surface area contributed by atoms with Crippen LogP contribution in [0, 0.1) is 5.92 Å². The lowest BCUT2D eigenvalue weighted by molar-refractivity contribution is -0.148. The number of carbonyl (C=O) groups is 1. The first-order valence-electron chi connectivity index (χ1n) is 4.63. The number of epoxide rings is 1. The van der Waals surface area contributed by atoms with Crippen molar-refractivity contribution in [2.45, 2.75) is 32.0 Å². The number of carbonyl (C=O) groups excluding carboxylic acids is 1. The highest BCUT2D eigenvalue weighted by atomic mass is 16.6. The van der Waals surface area contributed by atoms with Crippen LogP contribution >= 0.6 is 0 Å². The van der Waals surface area contributed by atoms with E-state index in [4.69, 9.17) is 9.47 Å². The second kappa shape index (κ2) is 3.14. The molecule has 2 rings (SSSR count). The molecule has 2 aliphatic rings. The van der Waals surface area contributed by atoms with Crippen molar-refractivity contribution >= 4 is 5.97 Å². The molecule has 2 atom stereocenters. The van der Waals surface area contributed by atoms with Crippen molar-refractivity contribution in [3.63, 3.8) is 0 Å². The first-order chi connectivity index (χ1) is 6.16. The molecule has 3 nitrogen and oxygen atoms in total. The average molecular weight is 182 g/mol. The van der Waals surface area contributed by atoms with Gasteiger partial charge in [0, 0.05) is 0 Å². The van der Waals surface area contributed by atoms with Gasteiger partial charge in [-0.1, -0.05) is 6.58 Å². The average Bonchev–Trinajstić information content (AvgIpc) is 2.69. The summed E-state index contributed by atoms with van der Waals surface area (Å²) in [5, 5.41) is 0. The van der Waals surface area contributed by atoms with Gasteiger partial charge in [-0.2, -0.15) is 0 Å². The minimum atomic E-state index is -0.0844. The molecule has 2 fully saturated rings. The molecular weight excluding hydrogens is 168 g/mol. The zero-order valence-corrected chi connectivity index (χ0v) is 7.79. The fraction of sp³-hybridized carbons (Fsp3) is 0.700. The summed E-state index contributed by atoms with van der Waals surface area (Å²) in [4.78, 5) is 11.4. The van der Waals surface area contributed by atoms with E-state index in [-0.39, 0.29) is 11.9 Å². The normalized spacial score (nSPS) is 35.3. The van der Waals surface area contributed by atoms with Crippen LogP contribution in [0.3, 0.4) is 0 Å². The van der Waals surface area contributed by atoms with Crippen molar-refractivity contribution in [1.29, 1.82) is 0 Å². The Labute approximate surface area is 77.7 Å². The third-order valence-electron chi connectivity index (χ3n) is 2.52. The molecule has 13 heavy (non-hydrogen) atoms. The van der Waals surface area contributed by atoms with Crippen LogP contribution in [0.5, 0.6) is 0 Å². The molecule has 0 spiro atoms. The van der Waals surface area contributed by atoms with E-state index in [2.05, 4.69) is 6.58 Å². The van der Waals surface area contributed by atoms with Crippen LogP contribution in [0.4, 0.5) is 0 Å². The van der Waals surface area contributed by atoms with Gasteiger partial charge in [0.2, 0.25) is 0 Å². The SMILES string of the molecule is C=C(C)COC(=O)C1CC2OC2C1. The maximum atomic E-state index is 11.4. The van der Waals surface area contributed by atoms with Crippen LogP contribution in [-0.2, 0) is 14.3 Å². The van der Waals surface area contributed by atoms with Gasteiger partial charge in [-0.15, -0.1) is 0 Å². The molecule has 0 bridgehead atoms. The lowest BCUT2D eigenvalue weighted by Crippen LogP contribution is -2.17. The van der Waals surface area contributed by atoms with Gasteiger partial charge >= 0.3 is 5.97 Å². The summed E-state index contributed by atoms with van der Waals surface area (Å²) < 4.78 is 10.3. The second-order valence-electron chi connectivity index (χ2n) is 3.95. The van der Waals surface area contributed by atoms with Crippen molar-refractivity contribution in [1.82, 2.24) is 0 Å². The summed E-state index contributed by atoms with van der Waals surface area (Å²) in [5.41, 5.74) is 0.882. The van der Waals surface area contributed by atoms with E-state index in [0.29, 0.717) is 18.8 Å². The number of esters is 1. The highest BCUT2D eigenvalue weighted by Crippen LogP contribution is 2.42. The summed E-state index contributed by atoms with van der Waals surface area (Å²) in [6.45, 7) is 5.88. The summed E-state index contributed by atoms with van der Waals surface area (Å²) >= 11 is 0. The molecule has 0 N–H and O–H groups in total. The van der Waals surface area contributed by atoms with E-state index in [1.165, 1.54) is 0 Å². The van der Waals surface area contributed by atoms with Gasteiger partial charge in [0.05, 0.1) is 18.1 Å². The van der Waals surface area contributed by atoms with Crippen molar-refractivity contribution in [3.05, 3.63) is 12.2 Å². The van der Waals surface area contributed by atoms with E-state index in [1.807, 2.05) is 6.92 Å². The van der Waals surface area contributed by atoms with Crippen molar-refractivity contribution in [2.75, 3.05) is 6.61 Å². The van der Waals surface area contributed by atoms with Crippen LogP contribution in [-0.4, -0.2) is 24.8 Å². The van der Waals surface area contributed by atoms with Crippen LogP contribution in [0.25, 0.3) is 0 Å². The van der Waals surface area contributed by atoms with E-state index in [1.54, 1.807) is 0 Å². The molecule has 0 radical (unpaired) electrons. The molecular formula is C10H14O3. The van der Waals surface area contributed by atoms with Crippen LogP contribution < -0.4 is 0 Å². The van der Waals surface area contributed by atoms with E-state index < -0.39 is 0 Å². The highest BCUT2D eigenvalue weighted by Gasteiger charge is 2.50. The highest BCUT2D eigenvalue weighted by molar-refractivity contribution is 5.73. The summed E-state index contributed by atoms with van der Waals surface area (Å²) in [5.74, 6) is -0.0121. The minimum absolute atomic E-state index is 0.0723. The predicted octanol–water partition coefficient (Wildman–Crippen LogP) is 1.28. The maximum Gasteiger partial charge on any atom is 0.309 e. The standard InChI is InChI=1S/C10H14O3/c1-6(2)5-12-10(11)7-3-8-9(4-7)13-8/h7-9H,1,3-5H2,2H3. The van der Waals surface area contributed by atoms with Gasteiger partial charge < -0.3 is 9.47 Å². The number of hydrogen-bond acceptors (Lipinski definition) is 3. The van der Waals surface area contributed by atoms with Gasteiger partial charge in [0.15, 0.2) is 0 Å². The number of hydrogen-bond donors (Lipinski definition) is 0. The molecule has 1 saturated carbocycles. The van der Waals surface area contributed by atoms with Crippen molar-refractivity contribution in [2.24, 2.45) is 5.92 Å². The number of rotatable bonds is 3. The quantitative estimate of drug-likeness (QED) is 0.375. The van der Waals surface area contributed by atoms with Gasteiger partial charge in [-0.25, -0.2) is 0 Å². The van der Waals surface area contributed by atoms with Crippen LogP contribution in [0.15, 0.2) is 12.2 Å². The van der Waals surface area contributed by atoms with E-state index >= 15 is 0 Å². The lowest BCUT2D eigenvalue weighted by Gasteiger charge is -2.10. The fourth-order valence-corrected chi connectivity index (χ4v) is 1.76. The predicted molar refractivity (Wildman–Crippen MR) is 47.2 cm³/mol. The minimum Gasteiger partial charge on any atom is -0.461 e. The van der Waals surface area contributed by atoms with Crippen molar-refractivity contribution < 1.29 is 14.3 Å². The number of ether oxygens (including phenoxy) is 2. The Bertz CT molecular complexity index is 237. The molecule has 1 aliphatic heterocycles. The van der Waals surface area contributed by atoms with Gasteiger partial charge in [-0.05, 0) is 25.3 Å². The first kappa shape index (κ1) is 8.75. The Morgan fingerprint density at radius 2 is 2.15 bits per heavy atom. The molecule has 0 amide bonds. The smallest absolute Gasteiger partial charge is 0.309 e. The van der Waals surface area contributed by atoms with Crippen molar-refractivity contribution in [3.8, 4) is 0 Å². The molecule has 3 heteroatoms. The maximum absolute atomic E-state index is 11.4. The third-order valence-corrected chi connectivity index (χ3v) is 2.52. The van der Waals surface area contributed by atoms with Crippen LogP contribution in [0.2, 0.25) is 0 Å². The summed E-state index contributed by atoms with van der Waals surface area (Å²) in [6.07, 6.45) is 2.39. The zero-order valence-electron chi connectivity index (χ0n) is 7.79. The summed E-state index contributed by atoms with van der Waals surface area (Å²) in [7, 11) is 0. The molecule has 0 aromatic carbocycles. The van der Waals surface area contributed by atoms with E-state index in [9.17, 15) is 4.79 Å². The monoisotopic (exact) mass is 182 g/mol. The van der Waals surface area contributed by atoms with Gasteiger partial charge in [-0.3, -0.25) is 4.79 Å². The molecule has 1 saturated heterocycles. The lowest BCUT2D eigenvalue weighted by atomic mass is 10.1. The molecule has 1 aliphatic carbocycles. The second-order valence-corrected chi connectivity index (χ2v) is 3.95. The molecule has 0 aromatic heterocycles. The molecule has 72 valence electrons. The fourth-order valence-electron chi connectivity index (χ4n) is 1.76. The first-order valence-corrected chi connectivity index (χ1v) is 4.63. The van der Waals surface area contributed by atoms with E-state index in [0.717, 1.165) is 18.4 Å². The van der Waals surface area contributed by atoms with Crippen LogP contribution in [0.1, 0.15) is 19.8 Å². The van der Waals surface area contributed by atoms with Gasteiger partial charge in [0.1, 0.15) is 6.61 Å². The largest absolute Gasteiger partial charge is 0.461 e. The Balaban J connectivity index is 1.74. The third kappa shape index (κ3) is 1.91. The Hall–Kier alpha value is -0.830. The molecule has 0 aromatic rings. The molecule has 1 heterocycles. The Morgan fingerprint density at radius 1 is 1.54 bits per heavy atom. The van der Waals surface area contributed by atoms with Gasteiger partial charge in [0.25, 0.3) is 0 Å². The Kier molecular flexibility index (Phi) is 2.12. The Morgan fingerprint density at radius 3 is 2.69 bits per heavy atom. The topological polar surface area (TPSA) is 38.8 Å². The summed E-state index contributed by atoms with van der Waals surface area (Å²) in [6, 6.07) is 0.